The molecule has 0 saturated carbocycles. The Kier molecular flexibility index (Phi) is 9.75. The van der Waals surface area contributed by atoms with Gasteiger partial charge in [0.1, 0.15) is 0 Å². The third-order valence-electron chi connectivity index (χ3n) is 5.68. The first-order valence-electron chi connectivity index (χ1n) is 11.0. The van der Waals surface area contributed by atoms with E-state index in [4.69, 9.17) is 4.74 Å². The number of aliphatic hydroxyl groups is 1. The summed E-state index contributed by atoms with van der Waals surface area (Å²) < 4.78 is 5.13. The van der Waals surface area contributed by atoms with Crippen LogP contribution in [0.2, 0.25) is 0 Å². The molecular weight excluding hydrogens is 380 g/mol. The van der Waals surface area contributed by atoms with Gasteiger partial charge in [-0.3, -0.25) is 0 Å². The predicted octanol–water partition coefficient (Wildman–Crippen LogP) is 6.67. The molecule has 0 aliphatic heterocycles. The van der Waals surface area contributed by atoms with E-state index in [2.05, 4.69) is 67.5 Å². The second-order valence-corrected chi connectivity index (χ2v) is 15.2. The molecule has 0 saturated heterocycles. The Labute approximate surface area is 180 Å². The fraction of sp³-hybridized carbons (Fsp3) is 0.720. The Balaban J connectivity index is 2.98. The van der Waals surface area contributed by atoms with Crippen molar-refractivity contribution in [1.82, 2.24) is 0 Å². The molecule has 0 spiro atoms. The van der Waals surface area contributed by atoms with Gasteiger partial charge in [0.2, 0.25) is 0 Å². The lowest BCUT2D eigenvalue weighted by Crippen LogP contribution is -2.49. The Bertz CT molecular complexity index is 597. The minimum atomic E-state index is -1.84. The summed E-state index contributed by atoms with van der Waals surface area (Å²) in [6, 6.07) is 10.2. The Morgan fingerprint density at radius 1 is 0.966 bits per heavy atom. The van der Waals surface area contributed by atoms with Crippen LogP contribution >= 0.6 is 10.0 Å². The first-order valence-corrected chi connectivity index (χ1v) is 12.9. The summed E-state index contributed by atoms with van der Waals surface area (Å²) in [6.07, 6.45) is 4.28. The second-order valence-electron chi connectivity index (χ2n) is 10.4. The van der Waals surface area contributed by atoms with Crippen molar-refractivity contribution in [1.29, 1.82) is 0 Å². The zero-order chi connectivity index (χ0) is 22.3. The molecule has 1 aromatic rings. The topological polar surface area (TPSA) is 46.5 Å². The summed E-state index contributed by atoms with van der Waals surface area (Å²) in [6.45, 7) is 17.8. The first kappa shape index (κ1) is 26.0. The molecule has 168 valence electrons. The van der Waals surface area contributed by atoms with Gasteiger partial charge in [-0.2, -0.15) is 10.0 Å². The van der Waals surface area contributed by atoms with Crippen LogP contribution in [0.1, 0.15) is 86.6 Å². The molecule has 29 heavy (non-hydrogen) atoms. The fourth-order valence-electron chi connectivity index (χ4n) is 4.18. The minimum Gasteiger partial charge on any atom is -0.463 e. The van der Waals surface area contributed by atoms with Crippen molar-refractivity contribution in [2.75, 3.05) is 6.61 Å². The summed E-state index contributed by atoms with van der Waals surface area (Å²) >= 11 is 0. The zero-order valence-electron chi connectivity index (χ0n) is 20.0. The third-order valence-corrected chi connectivity index (χ3v) is 11.8. The number of rotatable bonds is 10. The summed E-state index contributed by atoms with van der Waals surface area (Å²) in [4.78, 5) is 13.0. The molecule has 1 aromatic carbocycles. The molecule has 3 nitrogen and oxygen atoms in total. The number of esters is 1. The predicted molar refractivity (Wildman–Crippen MR) is 128 cm³/mol. The second kappa shape index (κ2) is 10.9. The first-order chi connectivity index (χ1) is 13.3. The maximum Gasteiger partial charge on any atom is 0.344 e. The van der Waals surface area contributed by atoms with E-state index in [1.807, 2.05) is 18.2 Å². The van der Waals surface area contributed by atoms with Crippen molar-refractivity contribution < 1.29 is 14.6 Å². The van der Waals surface area contributed by atoms with Crippen LogP contribution in [-0.2, 0) is 15.3 Å². The molecular formula is C25H44O3S. The lowest BCUT2D eigenvalue weighted by atomic mass is 10.1. The monoisotopic (exact) mass is 424 g/mol. The number of carbonyl (C=O) groups is 1. The molecule has 0 aliphatic rings. The van der Waals surface area contributed by atoms with Gasteiger partial charge in [0.15, 0.2) is 5.44 Å². The van der Waals surface area contributed by atoms with Crippen molar-refractivity contribution in [3.05, 3.63) is 35.9 Å². The van der Waals surface area contributed by atoms with E-state index >= 15 is 0 Å². The number of hydrogen-bond acceptors (Lipinski definition) is 3. The molecule has 0 aromatic heterocycles. The van der Waals surface area contributed by atoms with Crippen LogP contribution in [0.5, 0.6) is 0 Å². The summed E-state index contributed by atoms with van der Waals surface area (Å²) in [5.74, 6) is 0.954. The van der Waals surface area contributed by atoms with Crippen molar-refractivity contribution in [3.63, 3.8) is 0 Å². The van der Waals surface area contributed by atoms with E-state index in [1.165, 1.54) is 6.42 Å². The summed E-state index contributed by atoms with van der Waals surface area (Å²) in [5.41, 5.74) is 0.0613. The van der Waals surface area contributed by atoms with Crippen molar-refractivity contribution in [2.24, 2.45) is 5.92 Å². The molecule has 0 amide bonds. The molecule has 0 aliphatic carbocycles. The zero-order valence-corrected chi connectivity index (χ0v) is 20.8. The lowest BCUT2D eigenvalue weighted by molar-refractivity contribution is -0.149. The standard InChI is InChI=1S/C25H44O3S/c1-20(2)15-11-10-14-18-28-22(26)23(27)29(24(3,4)5,25(6,7)8)19-21-16-12-9-13-17-21/h9,12-13,16-17,20,23,27H,10-11,14-15,18-19H2,1-8H3. The van der Waals surface area contributed by atoms with Crippen LogP contribution < -0.4 is 0 Å². The molecule has 0 heterocycles. The number of aliphatic hydroxyl groups excluding tert-OH is 1. The summed E-state index contributed by atoms with van der Waals surface area (Å²) in [5, 5.41) is 11.4. The average Bonchev–Trinajstić information content (AvgIpc) is 2.60. The van der Waals surface area contributed by atoms with Gasteiger partial charge in [-0.25, -0.2) is 4.79 Å². The number of ether oxygens (including phenoxy) is 1. The van der Waals surface area contributed by atoms with E-state index in [0.717, 1.165) is 24.8 Å². The molecule has 0 fully saturated rings. The van der Waals surface area contributed by atoms with Gasteiger partial charge in [-0.15, -0.1) is 0 Å². The van der Waals surface area contributed by atoms with Crippen LogP contribution in [0.15, 0.2) is 30.3 Å². The van der Waals surface area contributed by atoms with Crippen molar-refractivity contribution in [2.45, 2.75) is 102 Å². The highest BCUT2D eigenvalue weighted by Gasteiger charge is 2.53. The highest BCUT2D eigenvalue weighted by atomic mass is 32.3. The Hall–Kier alpha value is -1.00. The maximum absolute atomic E-state index is 13.0. The quantitative estimate of drug-likeness (QED) is 0.337. The maximum atomic E-state index is 13.0. The van der Waals surface area contributed by atoms with Crippen molar-refractivity contribution in [3.8, 4) is 0 Å². The summed E-state index contributed by atoms with van der Waals surface area (Å²) in [7, 11) is -1.84. The fourth-order valence-corrected chi connectivity index (χ4v) is 9.49. The normalized spacial score (nSPS) is 14.7. The number of benzene rings is 1. The van der Waals surface area contributed by atoms with Gasteiger partial charge in [-0.05, 0) is 27.4 Å². The van der Waals surface area contributed by atoms with Gasteiger partial charge >= 0.3 is 5.97 Å². The number of unbranched alkanes of at least 4 members (excludes halogenated alkanes) is 2. The smallest absolute Gasteiger partial charge is 0.344 e. The van der Waals surface area contributed by atoms with Gasteiger partial charge in [0, 0.05) is 5.75 Å². The molecule has 0 radical (unpaired) electrons. The number of hydrogen-bond donors (Lipinski definition) is 1. The van der Waals surface area contributed by atoms with E-state index < -0.39 is 21.4 Å². The van der Waals surface area contributed by atoms with E-state index in [0.29, 0.717) is 18.3 Å². The van der Waals surface area contributed by atoms with Crippen LogP contribution in [0.3, 0.4) is 0 Å². The van der Waals surface area contributed by atoms with Crippen LogP contribution in [0, 0.1) is 5.92 Å². The molecule has 0 bridgehead atoms. The molecule has 1 unspecified atom stereocenters. The molecule has 1 atom stereocenters. The van der Waals surface area contributed by atoms with E-state index in [1.54, 1.807) is 0 Å². The minimum absolute atomic E-state index is 0.225. The highest BCUT2D eigenvalue weighted by Crippen LogP contribution is 2.71. The van der Waals surface area contributed by atoms with Crippen LogP contribution in [0.4, 0.5) is 0 Å². The van der Waals surface area contributed by atoms with Crippen molar-refractivity contribution >= 4 is 16.0 Å². The molecule has 1 rings (SSSR count). The molecule has 1 N–H and O–H groups in total. The average molecular weight is 425 g/mol. The van der Waals surface area contributed by atoms with E-state index in [9.17, 15) is 9.90 Å². The van der Waals surface area contributed by atoms with E-state index in [-0.39, 0.29) is 9.49 Å². The third kappa shape index (κ3) is 7.03. The van der Waals surface area contributed by atoms with Gasteiger partial charge < -0.3 is 9.84 Å². The van der Waals surface area contributed by atoms with Gasteiger partial charge in [0.05, 0.1) is 6.61 Å². The molecule has 4 heteroatoms. The SMILES string of the molecule is CC(C)CCCCCOC(=O)C(O)S(Cc1ccccc1)(C(C)(C)C)C(C)(C)C. The lowest BCUT2D eigenvalue weighted by Gasteiger charge is -2.60. The largest absolute Gasteiger partial charge is 0.463 e. The van der Waals surface area contributed by atoms with Gasteiger partial charge in [0.25, 0.3) is 0 Å². The Morgan fingerprint density at radius 2 is 1.52 bits per heavy atom. The number of carbonyl (C=O) groups excluding carboxylic acids is 1. The Morgan fingerprint density at radius 3 is 2.00 bits per heavy atom. The van der Waals surface area contributed by atoms with Gasteiger partial charge in [-0.1, -0.05) is 105 Å². The van der Waals surface area contributed by atoms with Crippen LogP contribution in [0.25, 0.3) is 0 Å². The van der Waals surface area contributed by atoms with Crippen LogP contribution in [-0.4, -0.2) is 32.6 Å². The highest BCUT2D eigenvalue weighted by molar-refractivity contribution is 8.35.